The molecule has 19 heavy (non-hydrogen) atoms. The van der Waals surface area contributed by atoms with Gasteiger partial charge in [0.05, 0.1) is 18.6 Å². The topological polar surface area (TPSA) is 52.6 Å². The van der Waals surface area contributed by atoms with Gasteiger partial charge in [0.1, 0.15) is 6.61 Å². The van der Waals surface area contributed by atoms with E-state index in [1.807, 2.05) is 20.8 Å². The number of ether oxygens (including phenoxy) is 2. The summed E-state index contributed by atoms with van der Waals surface area (Å²) >= 11 is 0. The van der Waals surface area contributed by atoms with Crippen LogP contribution >= 0.6 is 0 Å². The van der Waals surface area contributed by atoms with Crippen LogP contribution < -0.4 is 0 Å². The summed E-state index contributed by atoms with van der Waals surface area (Å²) < 4.78 is 9.83. The molecule has 0 aliphatic carbocycles. The fraction of sp³-hybridized carbons (Fsp3) is 0.467. The van der Waals surface area contributed by atoms with E-state index in [0.717, 1.165) is 5.56 Å². The van der Waals surface area contributed by atoms with Crippen LogP contribution in [0.1, 0.15) is 36.7 Å². The van der Waals surface area contributed by atoms with E-state index in [2.05, 4.69) is 4.74 Å². The summed E-state index contributed by atoms with van der Waals surface area (Å²) in [5.74, 6) is -0.437. The van der Waals surface area contributed by atoms with E-state index in [9.17, 15) is 9.59 Å². The van der Waals surface area contributed by atoms with Crippen molar-refractivity contribution < 1.29 is 19.1 Å². The zero-order chi connectivity index (χ0) is 14.4. The standard InChI is InChI=1S/C15H20O4/c1-10(2)11(3)14(16)19-9-12-5-7-13(8-6-12)15(17)18-4/h5-8,10-11H,9H2,1-4H3/t11-/m0/s1. The summed E-state index contributed by atoms with van der Waals surface area (Å²) in [6.45, 7) is 6.04. The van der Waals surface area contributed by atoms with E-state index in [0.29, 0.717) is 5.56 Å². The van der Waals surface area contributed by atoms with E-state index in [4.69, 9.17) is 4.74 Å². The molecule has 104 valence electrons. The number of carbonyl (C=O) groups is 2. The molecule has 0 saturated heterocycles. The number of hydrogen-bond acceptors (Lipinski definition) is 4. The Labute approximate surface area is 113 Å². The minimum Gasteiger partial charge on any atom is -0.465 e. The van der Waals surface area contributed by atoms with Crippen molar-refractivity contribution in [3.8, 4) is 0 Å². The summed E-state index contributed by atoms with van der Waals surface area (Å²) in [6, 6.07) is 6.81. The first-order valence-corrected chi connectivity index (χ1v) is 6.29. The van der Waals surface area contributed by atoms with E-state index in [-0.39, 0.29) is 30.4 Å². The van der Waals surface area contributed by atoms with Crippen LogP contribution in [-0.4, -0.2) is 19.0 Å². The first-order valence-electron chi connectivity index (χ1n) is 6.29. The molecule has 0 N–H and O–H groups in total. The molecule has 0 heterocycles. The van der Waals surface area contributed by atoms with Crippen LogP contribution in [0.3, 0.4) is 0 Å². The molecule has 0 aromatic heterocycles. The highest BCUT2D eigenvalue weighted by molar-refractivity contribution is 5.89. The molecule has 0 spiro atoms. The van der Waals surface area contributed by atoms with Crippen LogP contribution in [0.5, 0.6) is 0 Å². The van der Waals surface area contributed by atoms with Gasteiger partial charge in [-0.25, -0.2) is 4.79 Å². The number of rotatable bonds is 5. The molecule has 0 aliphatic heterocycles. The second kappa shape index (κ2) is 6.92. The fourth-order valence-corrected chi connectivity index (χ4v) is 1.41. The predicted octanol–water partition coefficient (Wildman–Crippen LogP) is 2.81. The number of hydrogen-bond donors (Lipinski definition) is 0. The van der Waals surface area contributed by atoms with Gasteiger partial charge in [-0.3, -0.25) is 4.79 Å². The second-order valence-corrected chi connectivity index (χ2v) is 4.83. The number of benzene rings is 1. The van der Waals surface area contributed by atoms with Crippen LogP contribution in [0.4, 0.5) is 0 Å². The Morgan fingerprint density at radius 3 is 2.16 bits per heavy atom. The molecule has 1 atom stereocenters. The van der Waals surface area contributed by atoms with Gasteiger partial charge in [0, 0.05) is 0 Å². The first kappa shape index (κ1) is 15.2. The van der Waals surface area contributed by atoms with Gasteiger partial charge >= 0.3 is 11.9 Å². The maximum Gasteiger partial charge on any atom is 0.337 e. The smallest absolute Gasteiger partial charge is 0.337 e. The first-order chi connectivity index (χ1) is 8.95. The molecule has 0 fully saturated rings. The van der Waals surface area contributed by atoms with E-state index < -0.39 is 0 Å². The molecule has 0 saturated carbocycles. The number of carbonyl (C=O) groups excluding carboxylic acids is 2. The lowest BCUT2D eigenvalue weighted by atomic mass is 9.99. The zero-order valence-corrected chi connectivity index (χ0v) is 11.8. The maximum atomic E-state index is 11.7. The molecule has 1 aromatic carbocycles. The minimum atomic E-state index is -0.378. The highest BCUT2D eigenvalue weighted by Gasteiger charge is 2.18. The molecule has 0 radical (unpaired) electrons. The van der Waals surface area contributed by atoms with Crippen molar-refractivity contribution in [2.45, 2.75) is 27.4 Å². The third-order valence-electron chi connectivity index (χ3n) is 3.13. The molecule has 1 aromatic rings. The molecule has 0 bridgehead atoms. The van der Waals surface area contributed by atoms with Gasteiger partial charge in [0.15, 0.2) is 0 Å². The maximum absolute atomic E-state index is 11.7. The van der Waals surface area contributed by atoms with Gasteiger partial charge in [-0.1, -0.05) is 32.9 Å². The summed E-state index contributed by atoms with van der Waals surface area (Å²) in [4.78, 5) is 22.9. The Morgan fingerprint density at radius 1 is 1.11 bits per heavy atom. The summed E-state index contributed by atoms with van der Waals surface area (Å²) in [7, 11) is 1.34. The van der Waals surface area contributed by atoms with Crippen molar-refractivity contribution >= 4 is 11.9 Å². The van der Waals surface area contributed by atoms with Crippen molar-refractivity contribution in [2.24, 2.45) is 11.8 Å². The summed E-state index contributed by atoms with van der Waals surface area (Å²) in [5.41, 5.74) is 1.32. The quantitative estimate of drug-likeness (QED) is 0.767. The molecular weight excluding hydrogens is 244 g/mol. The van der Waals surface area contributed by atoms with Gasteiger partial charge in [0.2, 0.25) is 0 Å². The van der Waals surface area contributed by atoms with Gasteiger partial charge in [-0.15, -0.1) is 0 Å². The molecule has 4 nitrogen and oxygen atoms in total. The third kappa shape index (κ3) is 4.39. The summed E-state index contributed by atoms with van der Waals surface area (Å²) in [5, 5.41) is 0. The Bertz CT molecular complexity index is 434. The number of esters is 2. The van der Waals surface area contributed by atoms with Crippen LogP contribution in [-0.2, 0) is 20.9 Å². The average Bonchev–Trinajstić information content (AvgIpc) is 2.43. The molecule has 0 unspecified atom stereocenters. The van der Waals surface area contributed by atoms with Crippen LogP contribution in [0.25, 0.3) is 0 Å². The predicted molar refractivity (Wildman–Crippen MR) is 71.6 cm³/mol. The monoisotopic (exact) mass is 264 g/mol. The lowest BCUT2D eigenvalue weighted by Gasteiger charge is -2.14. The molecular formula is C15H20O4. The van der Waals surface area contributed by atoms with Crippen molar-refractivity contribution in [1.29, 1.82) is 0 Å². The minimum absolute atomic E-state index is 0.116. The highest BCUT2D eigenvalue weighted by Crippen LogP contribution is 2.13. The summed E-state index contributed by atoms with van der Waals surface area (Å²) in [6.07, 6.45) is 0. The fourth-order valence-electron chi connectivity index (χ4n) is 1.41. The van der Waals surface area contributed by atoms with Crippen molar-refractivity contribution in [3.63, 3.8) is 0 Å². The van der Waals surface area contributed by atoms with Crippen molar-refractivity contribution in [3.05, 3.63) is 35.4 Å². The van der Waals surface area contributed by atoms with Gasteiger partial charge in [-0.2, -0.15) is 0 Å². The van der Waals surface area contributed by atoms with Crippen LogP contribution in [0.15, 0.2) is 24.3 Å². The Balaban J connectivity index is 2.55. The third-order valence-corrected chi connectivity index (χ3v) is 3.13. The van der Waals surface area contributed by atoms with E-state index in [1.54, 1.807) is 24.3 Å². The van der Waals surface area contributed by atoms with E-state index in [1.165, 1.54) is 7.11 Å². The van der Waals surface area contributed by atoms with Crippen molar-refractivity contribution in [1.82, 2.24) is 0 Å². The molecule has 0 amide bonds. The highest BCUT2D eigenvalue weighted by atomic mass is 16.5. The van der Waals surface area contributed by atoms with Gasteiger partial charge in [-0.05, 0) is 23.6 Å². The van der Waals surface area contributed by atoms with Crippen LogP contribution in [0.2, 0.25) is 0 Å². The SMILES string of the molecule is COC(=O)c1ccc(COC(=O)[C@@H](C)C(C)C)cc1. The molecule has 0 aliphatic rings. The Hall–Kier alpha value is -1.84. The normalized spacial score (nSPS) is 12.1. The van der Waals surface area contributed by atoms with E-state index >= 15 is 0 Å². The Kier molecular flexibility index (Phi) is 5.55. The second-order valence-electron chi connectivity index (χ2n) is 4.83. The molecule has 1 rings (SSSR count). The zero-order valence-electron chi connectivity index (χ0n) is 11.8. The molecule has 4 heteroatoms. The van der Waals surface area contributed by atoms with Gasteiger partial charge in [0.25, 0.3) is 0 Å². The Morgan fingerprint density at radius 2 is 1.68 bits per heavy atom. The van der Waals surface area contributed by atoms with Crippen LogP contribution in [0, 0.1) is 11.8 Å². The average molecular weight is 264 g/mol. The van der Waals surface area contributed by atoms with Gasteiger partial charge < -0.3 is 9.47 Å². The lowest BCUT2D eigenvalue weighted by Crippen LogP contribution is -2.19. The van der Waals surface area contributed by atoms with Crippen molar-refractivity contribution in [2.75, 3.05) is 7.11 Å². The number of methoxy groups -OCH3 is 1. The largest absolute Gasteiger partial charge is 0.465 e. The lowest BCUT2D eigenvalue weighted by molar-refractivity contribution is -0.150.